The highest BCUT2D eigenvalue weighted by Gasteiger charge is 2.10. The summed E-state index contributed by atoms with van der Waals surface area (Å²) < 4.78 is 1.61. The molecule has 1 aromatic rings. The summed E-state index contributed by atoms with van der Waals surface area (Å²) in [6.45, 7) is 3.86. The van der Waals surface area contributed by atoms with Crippen LogP contribution in [-0.4, -0.2) is 25.8 Å². The fraction of sp³-hybridized carbons (Fsp3) is 0.571. The van der Waals surface area contributed by atoms with Gasteiger partial charge in [-0.1, -0.05) is 0 Å². The summed E-state index contributed by atoms with van der Waals surface area (Å²) in [6.07, 6.45) is 1.30. The van der Waals surface area contributed by atoms with E-state index in [0.717, 1.165) is 0 Å². The maximum absolute atomic E-state index is 10.4. The lowest BCUT2D eigenvalue weighted by molar-refractivity contribution is -0.136. The van der Waals surface area contributed by atoms with Gasteiger partial charge in [-0.15, -0.1) is 0 Å². The van der Waals surface area contributed by atoms with Crippen molar-refractivity contribution >= 4 is 5.97 Å². The molecule has 0 bridgehead atoms. The molecule has 5 nitrogen and oxygen atoms in total. The minimum Gasteiger partial charge on any atom is -0.481 e. The third kappa shape index (κ3) is 1.81. The van der Waals surface area contributed by atoms with Crippen LogP contribution in [0.3, 0.4) is 0 Å². The number of aromatic nitrogens is 3. The van der Waals surface area contributed by atoms with Gasteiger partial charge in [0.05, 0.1) is 0 Å². The van der Waals surface area contributed by atoms with E-state index in [-0.39, 0.29) is 12.5 Å². The Balaban J connectivity index is 2.84. The van der Waals surface area contributed by atoms with Gasteiger partial charge in [0.1, 0.15) is 18.6 Å². The van der Waals surface area contributed by atoms with Crippen LogP contribution < -0.4 is 0 Å². The molecular weight excluding hydrogens is 158 g/mol. The Hall–Kier alpha value is -1.39. The van der Waals surface area contributed by atoms with Crippen LogP contribution in [0.2, 0.25) is 0 Å². The number of aliphatic carboxylic acids is 1. The second-order valence-corrected chi connectivity index (χ2v) is 2.79. The number of carboxylic acid groups (broad SMARTS) is 1. The lowest BCUT2D eigenvalue weighted by Crippen LogP contribution is -2.12. The lowest BCUT2D eigenvalue weighted by atomic mass is 10.3. The predicted octanol–water partition coefficient (Wildman–Crippen LogP) is 0.486. The Morgan fingerprint density at radius 1 is 1.75 bits per heavy atom. The van der Waals surface area contributed by atoms with Gasteiger partial charge in [-0.05, 0) is 13.8 Å². The van der Waals surface area contributed by atoms with E-state index in [1.165, 1.54) is 6.33 Å². The first kappa shape index (κ1) is 8.70. The van der Waals surface area contributed by atoms with E-state index < -0.39 is 5.97 Å². The summed E-state index contributed by atoms with van der Waals surface area (Å²) in [5.74, 6) is -0.387. The summed E-state index contributed by atoms with van der Waals surface area (Å²) in [5.41, 5.74) is 0. The van der Waals surface area contributed by atoms with Crippen molar-refractivity contribution in [3.63, 3.8) is 0 Å². The zero-order valence-corrected chi connectivity index (χ0v) is 7.06. The van der Waals surface area contributed by atoms with Crippen molar-refractivity contribution in [3.8, 4) is 0 Å². The van der Waals surface area contributed by atoms with Gasteiger partial charge in [-0.2, -0.15) is 5.10 Å². The monoisotopic (exact) mass is 169 g/mol. The molecule has 1 aromatic heterocycles. The highest BCUT2D eigenvalue weighted by Crippen LogP contribution is 2.05. The molecule has 0 unspecified atom stereocenters. The van der Waals surface area contributed by atoms with E-state index in [1.54, 1.807) is 4.68 Å². The van der Waals surface area contributed by atoms with Gasteiger partial charge < -0.3 is 5.11 Å². The van der Waals surface area contributed by atoms with Gasteiger partial charge in [-0.25, -0.2) is 9.67 Å². The average Bonchev–Trinajstić information content (AvgIpc) is 2.33. The molecule has 0 aliphatic rings. The molecule has 0 aliphatic carbocycles. The van der Waals surface area contributed by atoms with E-state index in [2.05, 4.69) is 10.1 Å². The van der Waals surface area contributed by atoms with E-state index in [4.69, 9.17) is 5.11 Å². The number of rotatable bonds is 3. The van der Waals surface area contributed by atoms with E-state index in [0.29, 0.717) is 5.82 Å². The minimum absolute atomic E-state index is 0.0713. The van der Waals surface area contributed by atoms with Crippen molar-refractivity contribution in [3.05, 3.63) is 12.2 Å². The normalized spacial score (nSPS) is 10.6. The molecule has 0 aliphatic heterocycles. The first-order valence-electron chi connectivity index (χ1n) is 3.71. The van der Waals surface area contributed by atoms with Crippen LogP contribution in [0, 0.1) is 0 Å². The first-order valence-corrected chi connectivity index (χ1v) is 3.71. The molecule has 0 aromatic carbocycles. The molecule has 1 rings (SSSR count). The van der Waals surface area contributed by atoms with E-state index in [9.17, 15) is 4.79 Å². The number of nitrogens with zero attached hydrogens (tertiary/aromatic N) is 3. The van der Waals surface area contributed by atoms with Crippen molar-refractivity contribution in [1.82, 2.24) is 14.8 Å². The Bertz CT molecular complexity index is 280. The minimum atomic E-state index is -0.884. The number of carboxylic acids is 1. The molecule has 0 amide bonds. The standard InChI is InChI=1S/C7H11N3O2/c1-5(2)10-6(3-7(11)12)8-4-9-10/h4-5H,3H2,1-2H3,(H,11,12). The molecule has 0 radical (unpaired) electrons. The second kappa shape index (κ2) is 3.34. The van der Waals surface area contributed by atoms with Crippen LogP contribution in [0.4, 0.5) is 0 Å². The smallest absolute Gasteiger partial charge is 0.311 e. The molecule has 66 valence electrons. The van der Waals surface area contributed by atoms with E-state index >= 15 is 0 Å². The fourth-order valence-corrected chi connectivity index (χ4v) is 0.967. The second-order valence-electron chi connectivity index (χ2n) is 2.79. The van der Waals surface area contributed by atoms with Crippen molar-refractivity contribution in [2.75, 3.05) is 0 Å². The highest BCUT2D eigenvalue weighted by atomic mass is 16.4. The Morgan fingerprint density at radius 3 is 2.92 bits per heavy atom. The maximum atomic E-state index is 10.4. The quantitative estimate of drug-likeness (QED) is 0.714. The third-order valence-electron chi connectivity index (χ3n) is 1.45. The number of hydrogen-bond donors (Lipinski definition) is 1. The molecule has 0 atom stereocenters. The zero-order valence-electron chi connectivity index (χ0n) is 7.06. The number of carbonyl (C=O) groups is 1. The van der Waals surface area contributed by atoms with Crippen LogP contribution in [0.1, 0.15) is 25.7 Å². The van der Waals surface area contributed by atoms with Crippen LogP contribution in [0.25, 0.3) is 0 Å². The average molecular weight is 169 g/mol. The summed E-state index contributed by atoms with van der Waals surface area (Å²) in [6, 6.07) is 0.154. The Labute approximate surface area is 70.0 Å². The lowest BCUT2D eigenvalue weighted by Gasteiger charge is -2.06. The molecule has 12 heavy (non-hydrogen) atoms. The van der Waals surface area contributed by atoms with Crippen LogP contribution in [0.5, 0.6) is 0 Å². The molecule has 0 spiro atoms. The van der Waals surface area contributed by atoms with E-state index in [1.807, 2.05) is 13.8 Å². The summed E-state index contributed by atoms with van der Waals surface area (Å²) >= 11 is 0. The largest absolute Gasteiger partial charge is 0.481 e. The molecule has 0 fully saturated rings. The molecule has 0 saturated carbocycles. The van der Waals surface area contributed by atoms with Crippen LogP contribution in [0.15, 0.2) is 6.33 Å². The first-order chi connectivity index (χ1) is 5.61. The van der Waals surface area contributed by atoms with Crippen molar-refractivity contribution in [1.29, 1.82) is 0 Å². The fourth-order valence-electron chi connectivity index (χ4n) is 0.967. The molecule has 0 saturated heterocycles. The third-order valence-corrected chi connectivity index (χ3v) is 1.45. The summed E-state index contributed by atoms with van der Waals surface area (Å²) in [4.78, 5) is 14.2. The van der Waals surface area contributed by atoms with Gasteiger partial charge in [-0.3, -0.25) is 4.79 Å². The number of hydrogen-bond acceptors (Lipinski definition) is 3. The SMILES string of the molecule is CC(C)n1ncnc1CC(=O)O. The van der Waals surface area contributed by atoms with Gasteiger partial charge >= 0.3 is 5.97 Å². The molecule has 5 heteroatoms. The summed E-state index contributed by atoms with van der Waals surface area (Å²) in [5, 5.41) is 12.4. The van der Waals surface area contributed by atoms with Crippen molar-refractivity contribution < 1.29 is 9.90 Å². The zero-order chi connectivity index (χ0) is 9.14. The Morgan fingerprint density at radius 2 is 2.42 bits per heavy atom. The predicted molar refractivity (Wildman–Crippen MR) is 41.7 cm³/mol. The Kier molecular flexibility index (Phi) is 2.42. The molecule has 1 N–H and O–H groups in total. The van der Waals surface area contributed by atoms with Crippen molar-refractivity contribution in [2.24, 2.45) is 0 Å². The topological polar surface area (TPSA) is 68.0 Å². The summed E-state index contributed by atoms with van der Waals surface area (Å²) in [7, 11) is 0. The van der Waals surface area contributed by atoms with Crippen LogP contribution in [-0.2, 0) is 11.2 Å². The molecular formula is C7H11N3O2. The maximum Gasteiger partial charge on any atom is 0.311 e. The van der Waals surface area contributed by atoms with Crippen LogP contribution >= 0.6 is 0 Å². The van der Waals surface area contributed by atoms with Gasteiger partial charge in [0.25, 0.3) is 0 Å². The van der Waals surface area contributed by atoms with Gasteiger partial charge in [0.2, 0.25) is 0 Å². The van der Waals surface area contributed by atoms with Crippen molar-refractivity contribution in [2.45, 2.75) is 26.3 Å². The molecule has 1 heterocycles. The highest BCUT2D eigenvalue weighted by molar-refractivity contribution is 5.68. The van der Waals surface area contributed by atoms with Gasteiger partial charge in [0, 0.05) is 6.04 Å². The van der Waals surface area contributed by atoms with Gasteiger partial charge in [0.15, 0.2) is 0 Å².